The fraction of sp³-hybridized carbons (Fsp3) is 0.214. The number of hydrogen-bond donors (Lipinski definition) is 2. The normalized spacial score (nSPS) is 10.4. The number of aryl methyl sites for hydroxylation is 2. The molecule has 104 valence electrons. The average molecular weight is 291 g/mol. The molecule has 0 aliphatic carbocycles. The lowest BCUT2D eigenvalue weighted by molar-refractivity contribution is 0.452. The number of hydrogen-bond acceptors (Lipinski definition) is 4. The summed E-state index contributed by atoms with van der Waals surface area (Å²) in [6.07, 6.45) is 0. The van der Waals surface area contributed by atoms with Gasteiger partial charge in [0.25, 0.3) is 0 Å². The summed E-state index contributed by atoms with van der Waals surface area (Å²) >= 11 is 6.12. The minimum absolute atomic E-state index is 0.112. The molecule has 0 aliphatic rings. The summed E-state index contributed by atoms with van der Waals surface area (Å²) in [5.41, 5.74) is 8.54. The summed E-state index contributed by atoms with van der Waals surface area (Å²) in [5.74, 6) is 0.530. The Balaban J connectivity index is 2.48. The molecule has 0 saturated heterocycles. The van der Waals surface area contributed by atoms with Crippen molar-refractivity contribution in [3.8, 4) is 11.6 Å². The lowest BCUT2D eigenvalue weighted by Gasteiger charge is -2.13. The Kier molecular flexibility index (Phi) is 3.90. The maximum absolute atomic E-state index is 7.66. The molecule has 2 rings (SSSR count). The van der Waals surface area contributed by atoms with Crippen molar-refractivity contribution in [3.63, 3.8) is 0 Å². The van der Waals surface area contributed by atoms with Gasteiger partial charge in [-0.05, 0) is 44.0 Å². The van der Waals surface area contributed by atoms with Gasteiger partial charge >= 0.3 is 0 Å². The van der Waals surface area contributed by atoms with Crippen LogP contribution in [0.1, 0.15) is 22.4 Å². The van der Waals surface area contributed by atoms with Crippen molar-refractivity contribution in [3.05, 3.63) is 45.6 Å². The third-order valence-corrected chi connectivity index (χ3v) is 3.28. The minimum atomic E-state index is -0.112. The van der Waals surface area contributed by atoms with Crippen LogP contribution in [-0.4, -0.2) is 16.0 Å². The fourth-order valence-corrected chi connectivity index (χ4v) is 2.04. The fourth-order valence-electron chi connectivity index (χ4n) is 1.77. The Morgan fingerprint density at radius 1 is 1.25 bits per heavy atom. The highest BCUT2D eigenvalue weighted by atomic mass is 35.5. The summed E-state index contributed by atoms with van der Waals surface area (Å²) in [6, 6.07) is 5.42. The van der Waals surface area contributed by atoms with Crippen molar-refractivity contribution in [2.24, 2.45) is 5.73 Å². The lowest BCUT2D eigenvalue weighted by atomic mass is 10.1. The average Bonchev–Trinajstić information content (AvgIpc) is 2.36. The number of nitrogens with two attached hydrogens (primary N) is 1. The number of nitrogens with one attached hydrogen (secondary N) is 1. The first-order chi connectivity index (χ1) is 9.40. The van der Waals surface area contributed by atoms with Crippen molar-refractivity contribution in [2.45, 2.75) is 20.8 Å². The first-order valence-electron chi connectivity index (χ1n) is 6.02. The van der Waals surface area contributed by atoms with E-state index in [1.165, 1.54) is 0 Å². The van der Waals surface area contributed by atoms with E-state index >= 15 is 0 Å². The molecule has 0 amide bonds. The monoisotopic (exact) mass is 290 g/mol. The molecule has 3 N–H and O–H groups in total. The second-order valence-electron chi connectivity index (χ2n) is 4.54. The SMILES string of the molecule is Cc1ccc(Oc2nnc(C)c(C)c2C(=N)N)c(Cl)c1. The molecule has 1 heterocycles. The van der Waals surface area contributed by atoms with E-state index in [0.717, 1.165) is 11.1 Å². The van der Waals surface area contributed by atoms with E-state index in [4.69, 9.17) is 27.5 Å². The molecule has 0 fully saturated rings. The molecule has 1 aromatic carbocycles. The van der Waals surface area contributed by atoms with Crippen LogP contribution in [0.2, 0.25) is 5.02 Å². The molecule has 5 nitrogen and oxygen atoms in total. The topological polar surface area (TPSA) is 84.9 Å². The molecule has 0 bridgehead atoms. The second kappa shape index (κ2) is 5.46. The molecule has 1 aromatic heterocycles. The van der Waals surface area contributed by atoms with E-state index in [-0.39, 0.29) is 11.7 Å². The van der Waals surface area contributed by atoms with Crippen molar-refractivity contribution >= 4 is 17.4 Å². The van der Waals surface area contributed by atoms with Gasteiger partial charge in [0.15, 0.2) is 0 Å². The maximum Gasteiger partial charge on any atom is 0.250 e. The molecule has 0 aliphatic heterocycles. The van der Waals surface area contributed by atoms with E-state index in [9.17, 15) is 0 Å². The van der Waals surface area contributed by atoms with Crippen molar-refractivity contribution in [1.82, 2.24) is 10.2 Å². The van der Waals surface area contributed by atoms with Crippen LogP contribution in [0.4, 0.5) is 0 Å². The van der Waals surface area contributed by atoms with E-state index in [1.54, 1.807) is 19.1 Å². The Morgan fingerprint density at radius 2 is 1.95 bits per heavy atom. The summed E-state index contributed by atoms with van der Waals surface area (Å²) < 4.78 is 5.67. The molecule has 0 saturated carbocycles. The maximum atomic E-state index is 7.66. The summed E-state index contributed by atoms with van der Waals surface area (Å²) in [4.78, 5) is 0. The lowest BCUT2D eigenvalue weighted by Crippen LogP contribution is -2.16. The van der Waals surface area contributed by atoms with Gasteiger partial charge in [0.05, 0.1) is 16.3 Å². The first kappa shape index (κ1) is 14.3. The summed E-state index contributed by atoms with van der Waals surface area (Å²) in [7, 11) is 0. The number of halogens is 1. The Labute approximate surface area is 122 Å². The zero-order valence-corrected chi connectivity index (χ0v) is 12.2. The van der Waals surface area contributed by atoms with Gasteiger partial charge in [-0.15, -0.1) is 5.10 Å². The number of benzene rings is 1. The largest absolute Gasteiger partial charge is 0.435 e. The predicted octanol–water partition coefficient (Wildman–Crippen LogP) is 3.13. The predicted molar refractivity (Wildman–Crippen MR) is 78.8 cm³/mol. The first-order valence-corrected chi connectivity index (χ1v) is 6.40. The van der Waals surface area contributed by atoms with Crippen LogP contribution < -0.4 is 10.5 Å². The highest BCUT2D eigenvalue weighted by Crippen LogP contribution is 2.31. The van der Waals surface area contributed by atoms with Crippen molar-refractivity contribution in [2.75, 3.05) is 0 Å². The third-order valence-electron chi connectivity index (χ3n) is 2.99. The highest BCUT2D eigenvalue weighted by molar-refractivity contribution is 6.32. The van der Waals surface area contributed by atoms with Crippen LogP contribution in [0.25, 0.3) is 0 Å². The summed E-state index contributed by atoms with van der Waals surface area (Å²) in [5, 5.41) is 16.1. The quantitative estimate of drug-likeness (QED) is 0.672. The molecule has 0 spiro atoms. The van der Waals surface area contributed by atoms with Gasteiger partial charge in [0, 0.05) is 0 Å². The molecule has 6 heteroatoms. The minimum Gasteiger partial charge on any atom is -0.435 e. The van der Waals surface area contributed by atoms with Gasteiger partial charge in [-0.3, -0.25) is 5.41 Å². The van der Waals surface area contributed by atoms with E-state index in [1.807, 2.05) is 19.9 Å². The van der Waals surface area contributed by atoms with E-state index in [0.29, 0.717) is 22.0 Å². The highest BCUT2D eigenvalue weighted by Gasteiger charge is 2.16. The molecular weight excluding hydrogens is 276 g/mol. The second-order valence-corrected chi connectivity index (χ2v) is 4.95. The van der Waals surface area contributed by atoms with Gasteiger partial charge in [0.2, 0.25) is 5.88 Å². The zero-order chi connectivity index (χ0) is 14.9. The Bertz CT molecular complexity index is 685. The molecule has 0 unspecified atom stereocenters. The van der Waals surface area contributed by atoms with Gasteiger partial charge < -0.3 is 10.5 Å². The van der Waals surface area contributed by atoms with E-state index < -0.39 is 0 Å². The third kappa shape index (κ3) is 2.72. The van der Waals surface area contributed by atoms with Crippen molar-refractivity contribution < 1.29 is 4.74 Å². The number of nitrogen functional groups attached to an aromatic ring is 1. The molecule has 0 atom stereocenters. The van der Waals surface area contributed by atoms with Crippen LogP contribution in [0.3, 0.4) is 0 Å². The molecule has 0 radical (unpaired) electrons. The van der Waals surface area contributed by atoms with Gasteiger partial charge in [-0.2, -0.15) is 5.10 Å². The number of nitrogens with zero attached hydrogens (tertiary/aromatic N) is 2. The Morgan fingerprint density at radius 3 is 2.55 bits per heavy atom. The Hall–Kier alpha value is -2.14. The number of amidine groups is 1. The number of aromatic nitrogens is 2. The van der Waals surface area contributed by atoms with E-state index in [2.05, 4.69) is 10.2 Å². The standard InChI is InChI=1S/C14H15ClN4O/c1-7-4-5-11(10(15)6-7)20-14-12(13(16)17)8(2)9(3)18-19-14/h4-6H,1-3H3,(H3,16,17). The van der Waals surface area contributed by atoms with Gasteiger partial charge in [-0.1, -0.05) is 17.7 Å². The number of ether oxygens (including phenoxy) is 1. The van der Waals surface area contributed by atoms with Crippen LogP contribution in [0.15, 0.2) is 18.2 Å². The molecular formula is C14H15ClN4O. The number of rotatable bonds is 3. The van der Waals surface area contributed by atoms with Crippen molar-refractivity contribution in [1.29, 1.82) is 5.41 Å². The smallest absolute Gasteiger partial charge is 0.250 e. The molecule has 20 heavy (non-hydrogen) atoms. The van der Waals surface area contributed by atoms with Crippen LogP contribution >= 0.6 is 11.6 Å². The molecule has 2 aromatic rings. The van der Waals surface area contributed by atoms with Crippen LogP contribution in [-0.2, 0) is 0 Å². The van der Waals surface area contributed by atoms with Gasteiger partial charge in [0.1, 0.15) is 11.6 Å². The van der Waals surface area contributed by atoms with Crippen LogP contribution in [0, 0.1) is 26.2 Å². The van der Waals surface area contributed by atoms with Gasteiger partial charge in [-0.25, -0.2) is 0 Å². The zero-order valence-electron chi connectivity index (χ0n) is 11.5. The van der Waals surface area contributed by atoms with Crippen LogP contribution in [0.5, 0.6) is 11.6 Å². The summed E-state index contributed by atoms with van der Waals surface area (Å²) in [6.45, 7) is 5.56.